The molecule has 2 aromatic heterocycles. The molecule has 3 heterocycles. The fourth-order valence-corrected chi connectivity index (χ4v) is 4.66. The van der Waals surface area contributed by atoms with Crippen LogP contribution in [-0.4, -0.2) is 64.7 Å². The van der Waals surface area contributed by atoms with Gasteiger partial charge in [-0.05, 0) is 30.8 Å². The number of nitrogens with one attached hydrogen (secondary N) is 1. The average Bonchev–Trinajstić information content (AvgIpc) is 3.39. The Morgan fingerprint density at radius 1 is 1.22 bits per heavy atom. The Morgan fingerprint density at radius 3 is 2.75 bits per heavy atom. The second-order valence-electron chi connectivity index (χ2n) is 7.32. The molecule has 170 valence electrons. The van der Waals surface area contributed by atoms with E-state index in [4.69, 9.17) is 0 Å². The molecular weight excluding hydrogens is 463 g/mol. The summed E-state index contributed by atoms with van der Waals surface area (Å²) >= 11 is 2.38. The smallest absolute Gasteiger partial charge is 0.406 e. The number of thiophene rings is 1. The lowest BCUT2D eigenvalue weighted by molar-refractivity contribution is -0.274. The Morgan fingerprint density at radius 2 is 2.00 bits per heavy atom. The fraction of sp³-hybridized carbons (Fsp3) is 0.350. The van der Waals surface area contributed by atoms with Gasteiger partial charge in [-0.3, -0.25) is 15.0 Å². The molecule has 1 aromatic carbocycles. The highest BCUT2D eigenvalue weighted by Gasteiger charge is 2.31. The van der Waals surface area contributed by atoms with Gasteiger partial charge < -0.3 is 9.64 Å². The van der Waals surface area contributed by atoms with Crippen molar-refractivity contribution in [2.24, 2.45) is 0 Å². The topological polar surface area (TPSA) is 70.6 Å². The highest BCUT2D eigenvalue weighted by atomic mass is 32.1. The van der Waals surface area contributed by atoms with Crippen LogP contribution >= 0.6 is 22.9 Å². The fourth-order valence-electron chi connectivity index (χ4n) is 3.20. The minimum atomic E-state index is -4.76. The van der Waals surface area contributed by atoms with Gasteiger partial charge in [0.25, 0.3) is 5.91 Å². The summed E-state index contributed by atoms with van der Waals surface area (Å²) in [5.74, 6) is 0.0102. The van der Waals surface area contributed by atoms with Crippen LogP contribution in [0, 0.1) is 0 Å². The van der Waals surface area contributed by atoms with Gasteiger partial charge in [0.05, 0.1) is 12.1 Å². The van der Waals surface area contributed by atoms with E-state index in [-0.39, 0.29) is 11.7 Å². The van der Waals surface area contributed by atoms with Crippen molar-refractivity contribution in [2.45, 2.75) is 12.9 Å². The number of aromatic nitrogens is 2. The summed E-state index contributed by atoms with van der Waals surface area (Å²) in [6.45, 7) is 4.53. The molecule has 1 fully saturated rings. The van der Waals surface area contributed by atoms with Gasteiger partial charge >= 0.3 is 6.36 Å². The van der Waals surface area contributed by atoms with Crippen molar-refractivity contribution in [2.75, 3.05) is 38.5 Å². The molecule has 0 aliphatic carbocycles. The number of ether oxygens (including phenoxy) is 1. The van der Waals surface area contributed by atoms with E-state index in [1.165, 1.54) is 29.5 Å². The number of rotatable bonds is 6. The highest BCUT2D eigenvalue weighted by molar-refractivity contribution is 7.14. The maximum Gasteiger partial charge on any atom is 0.573 e. The van der Waals surface area contributed by atoms with E-state index in [9.17, 15) is 18.0 Å². The van der Waals surface area contributed by atoms with Crippen molar-refractivity contribution in [3.05, 3.63) is 47.1 Å². The monoisotopic (exact) mass is 483 g/mol. The number of carbonyl (C=O) groups is 1. The zero-order valence-electron chi connectivity index (χ0n) is 17.1. The molecule has 1 aliphatic heterocycles. The molecule has 32 heavy (non-hydrogen) atoms. The lowest BCUT2D eigenvalue weighted by Gasteiger charge is -2.31. The third kappa shape index (κ3) is 6.03. The first-order valence-corrected chi connectivity index (χ1v) is 11.4. The molecule has 1 aliphatic rings. The second kappa shape index (κ2) is 9.53. The molecular formula is C20H20F3N5O2S2. The normalized spacial score (nSPS) is 15.6. The van der Waals surface area contributed by atoms with E-state index >= 15 is 0 Å². The first-order valence-electron chi connectivity index (χ1n) is 9.75. The zero-order valence-corrected chi connectivity index (χ0v) is 18.7. The number of nitrogens with zero attached hydrogens (tertiary/aromatic N) is 4. The molecule has 3 aromatic rings. The van der Waals surface area contributed by atoms with E-state index in [1.54, 1.807) is 17.5 Å². The minimum Gasteiger partial charge on any atom is -0.406 e. The summed E-state index contributed by atoms with van der Waals surface area (Å²) in [5, 5.41) is 4.80. The maximum absolute atomic E-state index is 12.6. The third-order valence-electron chi connectivity index (χ3n) is 4.86. The number of hydrogen-bond acceptors (Lipinski definition) is 8. The van der Waals surface area contributed by atoms with Crippen molar-refractivity contribution >= 4 is 33.9 Å². The number of alkyl halides is 3. The largest absolute Gasteiger partial charge is 0.573 e. The van der Waals surface area contributed by atoms with E-state index in [0.717, 1.165) is 37.7 Å². The minimum absolute atomic E-state index is 0.309. The van der Waals surface area contributed by atoms with Crippen LogP contribution in [0.5, 0.6) is 5.75 Å². The van der Waals surface area contributed by atoms with E-state index in [2.05, 4.69) is 36.3 Å². The van der Waals surface area contributed by atoms with E-state index < -0.39 is 6.36 Å². The molecule has 1 saturated heterocycles. The molecule has 0 spiro atoms. The number of anilines is 1. The summed E-state index contributed by atoms with van der Waals surface area (Å²) in [5.41, 5.74) is 0.920. The summed E-state index contributed by atoms with van der Waals surface area (Å²) in [4.78, 5) is 22.2. The first kappa shape index (κ1) is 22.6. The van der Waals surface area contributed by atoms with Crippen LogP contribution in [0.2, 0.25) is 0 Å². The van der Waals surface area contributed by atoms with Gasteiger partial charge in [-0.15, -0.1) is 24.5 Å². The van der Waals surface area contributed by atoms with Crippen LogP contribution in [0.3, 0.4) is 0 Å². The predicted molar refractivity (Wildman–Crippen MR) is 117 cm³/mol. The molecule has 7 nitrogen and oxygen atoms in total. The predicted octanol–water partition coefficient (Wildman–Crippen LogP) is 4.16. The quantitative estimate of drug-likeness (QED) is 0.568. The SMILES string of the molecule is CN1CCN(Cc2nsc(NC(=O)c3csc(-c4cccc(OC(F)(F)F)c4)c3)n2)CC1. The number of piperazine rings is 1. The van der Waals surface area contributed by atoms with Crippen LogP contribution in [0.4, 0.5) is 18.3 Å². The Hall–Kier alpha value is -2.54. The van der Waals surface area contributed by atoms with Crippen molar-refractivity contribution < 1.29 is 22.7 Å². The molecule has 0 radical (unpaired) electrons. The van der Waals surface area contributed by atoms with Crippen LogP contribution in [-0.2, 0) is 6.54 Å². The van der Waals surface area contributed by atoms with E-state index in [0.29, 0.717) is 33.5 Å². The first-order chi connectivity index (χ1) is 15.2. The van der Waals surface area contributed by atoms with Crippen molar-refractivity contribution in [1.82, 2.24) is 19.2 Å². The Labute approximate surface area is 190 Å². The number of halogens is 3. The van der Waals surface area contributed by atoms with Crippen LogP contribution in [0.25, 0.3) is 10.4 Å². The second-order valence-corrected chi connectivity index (χ2v) is 8.99. The number of benzene rings is 1. The molecule has 4 rings (SSSR count). The molecule has 0 bridgehead atoms. The molecule has 0 atom stereocenters. The Bertz CT molecular complexity index is 1080. The van der Waals surface area contributed by atoms with Crippen molar-refractivity contribution in [1.29, 1.82) is 0 Å². The summed E-state index contributed by atoms with van der Waals surface area (Å²) in [7, 11) is 2.09. The zero-order chi connectivity index (χ0) is 22.7. The maximum atomic E-state index is 12.6. The van der Waals surface area contributed by atoms with E-state index in [1.807, 2.05) is 0 Å². The molecule has 1 N–H and O–H groups in total. The van der Waals surface area contributed by atoms with Crippen LogP contribution in [0.15, 0.2) is 35.7 Å². The lowest BCUT2D eigenvalue weighted by atomic mass is 10.1. The van der Waals surface area contributed by atoms with Gasteiger partial charge in [-0.2, -0.15) is 4.37 Å². The molecule has 12 heteroatoms. The summed E-state index contributed by atoms with van der Waals surface area (Å²) in [6.07, 6.45) is -4.76. The number of amides is 1. The summed E-state index contributed by atoms with van der Waals surface area (Å²) < 4.78 is 45.7. The Balaban J connectivity index is 1.37. The van der Waals surface area contributed by atoms with Gasteiger partial charge in [0.15, 0.2) is 5.82 Å². The van der Waals surface area contributed by atoms with Crippen molar-refractivity contribution in [3.63, 3.8) is 0 Å². The molecule has 0 unspecified atom stereocenters. The number of carbonyl (C=O) groups excluding carboxylic acids is 1. The van der Waals surface area contributed by atoms with Gasteiger partial charge in [0.2, 0.25) is 5.13 Å². The van der Waals surface area contributed by atoms with Gasteiger partial charge in [0, 0.05) is 48.0 Å². The number of likely N-dealkylation sites (N-methyl/N-ethyl adjacent to an activating group) is 1. The van der Waals surface area contributed by atoms with Gasteiger partial charge in [-0.25, -0.2) is 4.98 Å². The molecule has 0 saturated carbocycles. The van der Waals surface area contributed by atoms with Crippen LogP contribution in [0.1, 0.15) is 16.2 Å². The average molecular weight is 484 g/mol. The Kier molecular flexibility index (Phi) is 6.74. The van der Waals surface area contributed by atoms with Crippen molar-refractivity contribution in [3.8, 4) is 16.2 Å². The highest BCUT2D eigenvalue weighted by Crippen LogP contribution is 2.32. The lowest BCUT2D eigenvalue weighted by Crippen LogP contribution is -2.44. The van der Waals surface area contributed by atoms with Gasteiger partial charge in [0.1, 0.15) is 5.75 Å². The van der Waals surface area contributed by atoms with Gasteiger partial charge in [-0.1, -0.05) is 12.1 Å². The number of hydrogen-bond donors (Lipinski definition) is 1. The van der Waals surface area contributed by atoms with Crippen LogP contribution < -0.4 is 10.1 Å². The third-order valence-corrected chi connectivity index (χ3v) is 6.51. The standard InChI is InChI=1S/C20H20F3N5O2S2/c1-27-5-7-28(8-6-27)11-17-24-19(32-26-17)25-18(29)14-10-16(31-12-14)13-3-2-4-15(9-13)30-20(21,22)23/h2-4,9-10,12H,5-8,11H2,1H3,(H,24,25,26,29). The summed E-state index contributed by atoms with van der Waals surface area (Å²) in [6, 6.07) is 7.27. The molecule has 1 amide bonds.